The van der Waals surface area contributed by atoms with Gasteiger partial charge in [-0.15, -0.1) is 0 Å². The summed E-state index contributed by atoms with van der Waals surface area (Å²) in [6, 6.07) is 5.80. The van der Waals surface area contributed by atoms with E-state index in [1.165, 1.54) is 0 Å². The fraction of sp³-hybridized carbons (Fsp3) is 0.421. The molecule has 0 aliphatic carbocycles. The Morgan fingerprint density at radius 1 is 1.00 bits per heavy atom. The third kappa shape index (κ3) is 3.95. The predicted molar refractivity (Wildman–Crippen MR) is 110 cm³/mol. The molecule has 0 bridgehead atoms. The van der Waals surface area contributed by atoms with E-state index in [-0.39, 0.29) is 0 Å². The van der Waals surface area contributed by atoms with Gasteiger partial charge in [-0.1, -0.05) is 6.92 Å². The van der Waals surface area contributed by atoms with Crippen LogP contribution < -0.4 is 4.90 Å². The molecule has 0 saturated carbocycles. The SMILES string of the molecule is CCCn1c(-c2ccncc2)nn(CN2CCN(c3ncccn3)CC2)c1=S. The van der Waals surface area contributed by atoms with Gasteiger partial charge in [0.2, 0.25) is 5.95 Å². The highest BCUT2D eigenvalue weighted by atomic mass is 32.1. The fourth-order valence-electron chi connectivity index (χ4n) is 3.41. The monoisotopic (exact) mass is 396 g/mol. The van der Waals surface area contributed by atoms with Crippen LogP contribution in [0.3, 0.4) is 0 Å². The minimum absolute atomic E-state index is 0.692. The van der Waals surface area contributed by atoms with Gasteiger partial charge in [0, 0.05) is 63.1 Å². The van der Waals surface area contributed by atoms with Gasteiger partial charge in [0.25, 0.3) is 0 Å². The van der Waals surface area contributed by atoms with E-state index in [4.69, 9.17) is 17.3 Å². The van der Waals surface area contributed by atoms with Crippen LogP contribution in [0.15, 0.2) is 43.0 Å². The van der Waals surface area contributed by atoms with Gasteiger partial charge in [-0.05, 0) is 36.8 Å². The van der Waals surface area contributed by atoms with Crippen molar-refractivity contribution >= 4 is 18.2 Å². The number of hydrogen-bond acceptors (Lipinski definition) is 7. The molecule has 4 rings (SSSR count). The smallest absolute Gasteiger partial charge is 0.225 e. The minimum Gasteiger partial charge on any atom is -0.338 e. The molecule has 0 atom stereocenters. The summed E-state index contributed by atoms with van der Waals surface area (Å²) in [4.78, 5) is 17.4. The second-order valence-corrected chi connectivity index (χ2v) is 7.15. The van der Waals surface area contributed by atoms with Crippen molar-refractivity contribution in [3.63, 3.8) is 0 Å². The first-order chi connectivity index (χ1) is 13.8. The molecule has 28 heavy (non-hydrogen) atoms. The number of nitrogens with zero attached hydrogens (tertiary/aromatic N) is 8. The largest absolute Gasteiger partial charge is 0.338 e. The van der Waals surface area contributed by atoms with Gasteiger partial charge in [-0.3, -0.25) is 14.5 Å². The van der Waals surface area contributed by atoms with Crippen molar-refractivity contribution in [2.24, 2.45) is 0 Å². The standard InChI is InChI=1S/C19H24N8S/c1-2-10-26-17(16-4-8-20-9-5-16)23-27(19(26)28)15-24-11-13-25(14-12-24)18-21-6-3-7-22-18/h3-9H,2,10-15H2,1H3. The number of rotatable bonds is 6. The summed E-state index contributed by atoms with van der Waals surface area (Å²) < 4.78 is 4.83. The van der Waals surface area contributed by atoms with E-state index in [9.17, 15) is 0 Å². The van der Waals surface area contributed by atoms with Gasteiger partial charge in [-0.25, -0.2) is 14.6 Å². The van der Waals surface area contributed by atoms with Gasteiger partial charge in [0.1, 0.15) is 0 Å². The lowest BCUT2D eigenvalue weighted by atomic mass is 10.2. The molecule has 1 aliphatic rings. The third-order valence-corrected chi connectivity index (χ3v) is 5.28. The molecule has 9 heteroatoms. The van der Waals surface area contributed by atoms with Gasteiger partial charge in [0.05, 0.1) is 6.67 Å². The highest BCUT2D eigenvalue weighted by molar-refractivity contribution is 7.71. The topological polar surface area (TPSA) is 67.9 Å². The van der Waals surface area contributed by atoms with E-state index < -0.39 is 0 Å². The quantitative estimate of drug-likeness (QED) is 0.593. The maximum absolute atomic E-state index is 5.74. The van der Waals surface area contributed by atoms with Crippen LogP contribution in [0.25, 0.3) is 11.4 Å². The molecule has 8 nitrogen and oxygen atoms in total. The predicted octanol–water partition coefficient (Wildman–Crippen LogP) is 2.46. The Morgan fingerprint density at radius 3 is 2.39 bits per heavy atom. The number of aromatic nitrogens is 6. The van der Waals surface area contributed by atoms with Crippen LogP contribution in [0.4, 0.5) is 5.95 Å². The molecular weight excluding hydrogens is 372 g/mol. The van der Waals surface area contributed by atoms with E-state index in [0.29, 0.717) is 6.67 Å². The number of hydrogen-bond donors (Lipinski definition) is 0. The van der Waals surface area contributed by atoms with E-state index in [2.05, 4.69) is 36.2 Å². The summed E-state index contributed by atoms with van der Waals surface area (Å²) in [7, 11) is 0. The summed E-state index contributed by atoms with van der Waals surface area (Å²) in [5.41, 5.74) is 1.04. The Morgan fingerprint density at radius 2 is 1.71 bits per heavy atom. The summed E-state index contributed by atoms with van der Waals surface area (Å²) >= 11 is 5.74. The van der Waals surface area contributed by atoms with E-state index >= 15 is 0 Å². The Hall–Kier alpha value is -2.65. The molecule has 1 aliphatic heterocycles. The fourth-order valence-corrected chi connectivity index (χ4v) is 3.68. The molecular formula is C19H24N8S. The van der Waals surface area contributed by atoms with Crippen molar-refractivity contribution in [3.8, 4) is 11.4 Å². The molecule has 4 heterocycles. The minimum atomic E-state index is 0.692. The molecule has 0 unspecified atom stereocenters. The zero-order valence-corrected chi connectivity index (χ0v) is 16.8. The zero-order valence-electron chi connectivity index (χ0n) is 16.0. The van der Waals surface area contributed by atoms with Crippen LogP contribution in [0.2, 0.25) is 0 Å². The van der Waals surface area contributed by atoms with E-state index in [1.54, 1.807) is 24.8 Å². The van der Waals surface area contributed by atoms with Crippen molar-refractivity contribution < 1.29 is 0 Å². The highest BCUT2D eigenvalue weighted by Crippen LogP contribution is 2.19. The maximum Gasteiger partial charge on any atom is 0.225 e. The summed E-state index contributed by atoms with van der Waals surface area (Å²) in [5, 5.41) is 4.84. The maximum atomic E-state index is 5.74. The second kappa shape index (κ2) is 8.57. The third-order valence-electron chi connectivity index (χ3n) is 4.85. The molecule has 0 aromatic carbocycles. The first-order valence-corrected chi connectivity index (χ1v) is 9.99. The number of pyridine rings is 1. The lowest BCUT2D eigenvalue weighted by Crippen LogP contribution is -2.47. The van der Waals surface area contributed by atoms with Crippen LogP contribution in [-0.4, -0.2) is 60.4 Å². The first kappa shape index (κ1) is 18.7. The first-order valence-electron chi connectivity index (χ1n) is 9.58. The lowest BCUT2D eigenvalue weighted by molar-refractivity contribution is 0.193. The van der Waals surface area contributed by atoms with Crippen molar-refractivity contribution in [3.05, 3.63) is 47.8 Å². The van der Waals surface area contributed by atoms with E-state index in [1.807, 2.05) is 22.9 Å². The van der Waals surface area contributed by atoms with Crippen LogP contribution in [0.1, 0.15) is 13.3 Å². The van der Waals surface area contributed by atoms with Crippen LogP contribution in [0, 0.1) is 4.77 Å². The van der Waals surface area contributed by atoms with Crippen molar-refractivity contribution in [2.45, 2.75) is 26.6 Å². The van der Waals surface area contributed by atoms with Crippen LogP contribution in [0.5, 0.6) is 0 Å². The van der Waals surface area contributed by atoms with Crippen LogP contribution in [-0.2, 0) is 13.2 Å². The van der Waals surface area contributed by atoms with Gasteiger partial charge in [0.15, 0.2) is 10.6 Å². The molecule has 1 fully saturated rings. The summed E-state index contributed by atoms with van der Waals surface area (Å²) in [5.74, 6) is 1.71. The molecule has 146 valence electrons. The molecule has 3 aromatic rings. The zero-order chi connectivity index (χ0) is 19.3. The molecule has 0 amide bonds. The average Bonchev–Trinajstić information content (AvgIpc) is 3.06. The molecule has 0 spiro atoms. The van der Waals surface area contributed by atoms with E-state index in [0.717, 1.165) is 61.3 Å². The van der Waals surface area contributed by atoms with Crippen molar-refractivity contribution in [1.29, 1.82) is 0 Å². The van der Waals surface area contributed by atoms with Crippen molar-refractivity contribution in [2.75, 3.05) is 31.1 Å². The number of piperazine rings is 1. The molecule has 3 aromatic heterocycles. The summed E-state index contributed by atoms with van der Waals surface area (Å²) in [6.45, 7) is 7.33. The molecule has 0 N–H and O–H groups in total. The average molecular weight is 397 g/mol. The van der Waals surface area contributed by atoms with Gasteiger partial charge < -0.3 is 4.90 Å². The number of anilines is 1. The Labute approximate surface area is 169 Å². The Kier molecular flexibility index (Phi) is 5.73. The Bertz CT molecular complexity index is 945. The summed E-state index contributed by atoms with van der Waals surface area (Å²) in [6.07, 6.45) is 8.16. The second-order valence-electron chi connectivity index (χ2n) is 6.79. The molecule has 0 radical (unpaired) electrons. The lowest BCUT2D eigenvalue weighted by Gasteiger charge is -2.34. The Balaban J connectivity index is 1.49. The van der Waals surface area contributed by atoms with Crippen LogP contribution >= 0.6 is 12.2 Å². The van der Waals surface area contributed by atoms with Crippen molar-refractivity contribution in [1.82, 2.24) is 34.2 Å². The van der Waals surface area contributed by atoms with Gasteiger partial charge >= 0.3 is 0 Å². The highest BCUT2D eigenvalue weighted by Gasteiger charge is 2.20. The molecule has 1 saturated heterocycles. The normalized spacial score (nSPS) is 15.1. The van der Waals surface area contributed by atoms with Gasteiger partial charge in [-0.2, -0.15) is 5.10 Å².